The fraction of sp³-hybridized carbons (Fsp3) is 0.208. The zero-order valence-corrected chi connectivity index (χ0v) is 20.2. The summed E-state index contributed by atoms with van der Waals surface area (Å²) in [4.78, 5) is 34.7. The van der Waals surface area contributed by atoms with Gasteiger partial charge in [0.2, 0.25) is 0 Å². The standard InChI is InChI=1S/C24H23Cl2N3O5/c1-14(28-23(31)20-22(30)19(33-3)12-13-27-20)24(32)34-29(2)21(15-4-8-17(25)9-5-15)16-6-10-18(26)11-7-16/h4-14,21,30H,1-3H3,(H,28,31). The molecule has 0 radical (unpaired) electrons. The lowest BCUT2D eigenvalue weighted by atomic mass is 9.99. The first-order chi connectivity index (χ1) is 16.2. The molecule has 0 fully saturated rings. The van der Waals surface area contributed by atoms with Crippen LogP contribution in [-0.2, 0) is 9.63 Å². The summed E-state index contributed by atoms with van der Waals surface area (Å²) in [5, 5.41) is 15.1. The SMILES string of the molecule is COc1ccnc(C(=O)NC(C)C(=O)ON(C)C(c2ccc(Cl)cc2)c2ccc(Cl)cc2)c1O. The summed E-state index contributed by atoms with van der Waals surface area (Å²) in [5.41, 5.74) is 1.38. The largest absolute Gasteiger partial charge is 0.503 e. The third kappa shape index (κ3) is 5.96. The number of aromatic nitrogens is 1. The van der Waals surface area contributed by atoms with Gasteiger partial charge in [-0.2, -0.15) is 0 Å². The van der Waals surface area contributed by atoms with Gasteiger partial charge in [0.1, 0.15) is 6.04 Å². The van der Waals surface area contributed by atoms with E-state index < -0.39 is 29.7 Å². The minimum Gasteiger partial charge on any atom is -0.503 e. The summed E-state index contributed by atoms with van der Waals surface area (Å²) < 4.78 is 4.98. The molecule has 0 spiro atoms. The number of methoxy groups -OCH3 is 1. The molecular weight excluding hydrogens is 481 g/mol. The van der Waals surface area contributed by atoms with Gasteiger partial charge in [0.25, 0.3) is 5.91 Å². The molecule has 1 atom stereocenters. The Hall–Kier alpha value is -3.33. The average molecular weight is 504 g/mol. The highest BCUT2D eigenvalue weighted by molar-refractivity contribution is 6.30. The van der Waals surface area contributed by atoms with Crippen molar-refractivity contribution in [1.29, 1.82) is 0 Å². The number of aromatic hydroxyl groups is 1. The van der Waals surface area contributed by atoms with Crippen molar-refractivity contribution in [1.82, 2.24) is 15.4 Å². The van der Waals surface area contributed by atoms with Crippen LogP contribution in [0.5, 0.6) is 11.5 Å². The Morgan fingerprint density at radius 1 is 1.00 bits per heavy atom. The van der Waals surface area contributed by atoms with Crippen LogP contribution in [0.3, 0.4) is 0 Å². The zero-order valence-electron chi connectivity index (χ0n) is 18.7. The van der Waals surface area contributed by atoms with Crippen LogP contribution >= 0.6 is 23.2 Å². The van der Waals surface area contributed by atoms with Gasteiger partial charge in [-0.25, -0.2) is 9.78 Å². The Kier molecular flexibility index (Phi) is 8.33. The number of amides is 1. The van der Waals surface area contributed by atoms with Crippen LogP contribution in [0.15, 0.2) is 60.8 Å². The van der Waals surface area contributed by atoms with Gasteiger partial charge >= 0.3 is 5.97 Å². The van der Waals surface area contributed by atoms with E-state index in [-0.39, 0.29) is 11.4 Å². The van der Waals surface area contributed by atoms with Crippen LogP contribution in [0.1, 0.15) is 34.6 Å². The first kappa shape index (κ1) is 25.3. The zero-order chi connectivity index (χ0) is 24.8. The predicted octanol–water partition coefficient (Wildman–Crippen LogP) is 4.40. The Balaban J connectivity index is 1.76. The molecular formula is C24H23Cl2N3O5. The first-order valence-corrected chi connectivity index (χ1v) is 10.9. The van der Waals surface area contributed by atoms with Crippen LogP contribution in [0.2, 0.25) is 10.0 Å². The summed E-state index contributed by atoms with van der Waals surface area (Å²) in [7, 11) is 2.96. The highest BCUT2D eigenvalue weighted by atomic mass is 35.5. The molecule has 3 aromatic rings. The smallest absolute Gasteiger partial charge is 0.347 e. The molecule has 0 aliphatic carbocycles. The van der Waals surface area contributed by atoms with Gasteiger partial charge in [-0.1, -0.05) is 47.5 Å². The predicted molar refractivity (Wildman–Crippen MR) is 128 cm³/mol. The molecule has 0 bridgehead atoms. The van der Waals surface area contributed by atoms with Gasteiger partial charge in [-0.3, -0.25) is 4.79 Å². The lowest BCUT2D eigenvalue weighted by Crippen LogP contribution is -2.42. The van der Waals surface area contributed by atoms with Gasteiger partial charge in [-0.05, 0) is 42.3 Å². The number of hydrogen-bond donors (Lipinski definition) is 2. The minimum absolute atomic E-state index is 0.0869. The third-order valence-electron chi connectivity index (χ3n) is 4.99. The van der Waals surface area contributed by atoms with Crippen molar-refractivity contribution in [2.24, 2.45) is 0 Å². The number of nitrogens with one attached hydrogen (secondary N) is 1. The summed E-state index contributed by atoms with van der Waals surface area (Å²) in [5.74, 6) is -1.81. The van der Waals surface area contributed by atoms with Gasteiger partial charge in [-0.15, -0.1) is 5.06 Å². The van der Waals surface area contributed by atoms with E-state index >= 15 is 0 Å². The molecule has 8 nitrogen and oxygen atoms in total. The number of hydroxylamine groups is 2. The molecule has 0 saturated carbocycles. The first-order valence-electron chi connectivity index (χ1n) is 10.2. The Bertz CT molecular complexity index is 1110. The molecule has 10 heteroatoms. The van der Waals surface area contributed by atoms with Crippen molar-refractivity contribution >= 4 is 35.1 Å². The fourth-order valence-electron chi connectivity index (χ4n) is 3.27. The van der Waals surface area contributed by atoms with Crippen molar-refractivity contribution < 1.29 is 24.3 Å². The number of carbonyl (C=O) groups excluding carboxylic acids is 2. The number of rotatable bonds is 8. The maximum Gasteiger partial charge on any atom is 0.347 e. The molecule has 3 rings (SSSR count). The van der Waals surface area contributed by atoms with Crippen molar-refractivity contribution in [3.63, 3.8) is 0 Å². The molecule has 1 aromatic heterocycles. The number of nitrogens with zero attached hydrogens (tertiary/aromatic N) is 2. The molecule has 0 aliphatic heterocycles. The van der Waals surface area contributed by atoms with Crippen molar-refractivity contribution in [3.8, 4) is 11.5 Å². The van der Waals surface area contributed by atoms with Gasteiger partial charge in [0.15, 0.2) is 17.2 Å². The second-order valence-corrected chi connectivity index (χ2v) is 8.24. The summed E-state index contributed by atoms with van der Waals surface area (Å²) in [6.07, 6.45) is 1.31. The second-order valence-electron chi connectivity index (χ2n) is 7.37. The number of ether oxygens (including phenoxy) is 1. The van der Waals surface area contributed by atoms with Crippen LogP contribution in [-0.4, -0.2) is 47.2 Å². The number of hydrogen-bond acceptors (Lipinski definition) is 7. The number of pyridine rings is 1. The summed E-state index contributed by atoms with van der Waals surface area (Å²) >= 11 is 12.1. The topological polar surface area (TPSA) is 101 Å². The summed E-state index contributed by atoms with van der Waals surface area (Å²) in [6.45, 7) is 1.46. The quantitative estimate of drug-likeness (QED) is 0.439. The van der Waals surface area contributed by atoms with Crippen LogP contribution in [0, 0.1) is 0 Å². The Morgan fingerprint density at radius 2 is 1.53 bits per heavy atom. The van der Waals surface area contributed by atoms with Crippen LogP contribution < -0.4 is 10.1 Å². The van der Waals surface area contributed by atoms with E-state index in [1.54, 1.807) is 31.3 Å². The van der Waals surface area contributed by atoms with Crippen molar-refractivity contribution in [3.05, 3.63) is 87.7 Å². The molecule has 1 unspecified atom stereocenters. The van der Waals surface area contributed by atoms with Crippen molar-refractivity contribution in [2.75, 3.05) is 14.2 Å². The summed E-state index contributed by atoms with van der Waals surface area (Å²) in [6, 6.07) is 14.2. The second kappa shape index (κ2) is 11.2. The lowest BCUT2D eigenvalue weighted by Gasteiger charge is -2.28. The molecule has 2 aromatic carbocycles. The maximum absolute atomic E-state index is 12.8. The van der Waals surface area contributed by atoms with E-state index in [0.29, 0.717) is 10.0 Å². The Morgan fingerprint density at radius 3 is 2.03 bits per heavy atom. The van der Waals surface area contributed by atoms with E-state index in [9.17, 15) is 14.7 Å². The molecule has 34 heavy (non-hydrogen) atoms. The number of benzene rings is 2. The van der Waals surface area contributed by atoms with E-state index in [0.717, 1.165) is 11.1 Å². The van der Waals surface area contributed by atoms with E-state index in [2.05, 4.69) is 10.3 Å². The van der Waals surface area contributed by atoms with Gasteiger partial charge in [0, 0.05) is 29.4 Å². The maximum atomic E-state index is 12.8. The van der Waals surface area contributed by atoms with Gasteiger partial charge < -0.3 is 20.0 Å². The molecule has 0 saturated heterocycles. The third-order valence-corrected chi connectivity index (χ3v) is 5.50. The average Bonchev–Trinajstić information content (AvgIpc) is 2.81. The van der Waals surface area contributed by atoms with Crippen LogP contribution in [0.4, 0.5) is 0 Å². The van der Waals surface area contributed by atoms with E-state index in [1.165, 1.54) is 31.4 Å². The minimum atomic E-state index is -1.04. The lowest BCUT2D eigenvalue weighted by molar-refractivity contribution is -0.193. The van der Waals surface area contributed by atoms with Crippen LogP contribution in [0.25, 0.3) is 0 Å². The fourth-order valence-corrected chi connectivity index (χ4v) is 3.52. The van der Waals surface area contributed by atoms with Gasteiger partial charge in [0.05, 0.1) is 13.2 Å². The Labute approximate surface area is 207 Å². The molecule has 178 valence electrons. The molecule has 1 amide bonds. The van der Waals surface area contributed by atoms with E-state index in [4.69, 9.17) is 32.8 Å². The monoisotopic (exact) mass is 503 g/mol. The molecule has 2 N–H and O–H groups in total. The normalized spacial score (nSPS) is 11.9. The highest BCUT2D eigenvalue weighted by Crippen LogP contribution is 2.30. The molecule has 0 aliphatic rings. The van der Waals surface area contributed by atoms with E-state index in [1.807, 2.05) is 24.3 Å². The number of halogens is 2. The highest BCUT2D eigenvalue weighted by Gasteiger charge is 2.27. The number of carbonyl (C=O) groups is 2. The molecule has 1 heterocycles. The van der Waals surface area contributed by atoms with Crippen molar-refractivity contribution in [2.45, 2.75) is 19.0 Å².